The number of nitrogens with one attached hydrogen (secondary N) is 1. The molecule has 1 aliphatic rings. The zero-order valence-corrected chi connectivity index (χ0v) is 18.6. The Bertz CT molecular complexity index is 1010. The standard InChI is InChI=1S/C23H28N2O5S/c1-17-8-6-9-18(2)25(17)22(26)16-30-23(27)20-12-7-13-21(14-20)31(28,29)24-15-19-10-4-3-5-11-19/h3-5,7,10-14,17-18,24H,6,8-9,15-16H2,1-2H3. The van der Waals surface area contributed by atoms with Crippen molar-refractivity contribution in [1.82, 2.24) is 9.62 Å². The molecular formula is C23H28N2O5S. The molecule has 0 spiro atoms. The lowest BCUT2D eigenvalue weighted by atomic mass is 9.97. The Morgan fingerprint density at radius 3 is 2.39 bits per heavy atom. The molecule has 2 aromatic rings. The van der Waals surface area contributed by atoms with Crippen LogP contribution in [0.1, 0.15) is 49.0 Å². The molecule has 3 rings (SSSR count). The minimum Gasteiger partial charge on any atom is -0.452 e. The Morgan fingerprint density at radius 2 is 1.71 bits per heavy atom. The van der Waals surface area contributed by atoms with Crippen molar-refractivity contribution in [3.63, 3.8) is 0 Å². The van der Waals surface area contributed by atoms with Gasteiger partial charge in [-0.15, -0.1) is 0 Å². The summed E-state index contributed by atoms with van der Waals surface area (Å²) in [4.78, 5) is 26.7. The second-order valence-corrected chi connectivity index (χ2v) is 9.61. The van der Waals surface area contributed by atoms with Gasteiger partial charge in [0.15, 0.2) is 6.61 Å². The van der Waals surface area contributed by atoms with E-state index < -0.39 is 16.0 Å². The van der Waals surface area contributed by atoms with E-state index in [4.69, 9.17) is 4.74 Å². The van der Waals surface area contributed by atoms with Crippen LogP contribution in [0.4, 0.5) is 0 Å². The van der Waals surface area contributed by atoms with E-state index in [1.165, 1.54) is 24.3 Å². The van der Waals surface area contributed by atoms with Crippen LogP contribution in [0.25, 0.3) is 0 Å². The maximum absolute atomic E-state index is 12.6. The summed E-state index contributed by atoms with van der Waals surface area (Å²) in [6, 6.07) is 15.0. The quantitative estimate of drug-likeness (QED) is 0.663. The molecule has 2 aromatic carbocycles. The van der Waals surface area contributed by atoms with Crippen molar-refractivity contribution in [3.05, 3.63) is 65.7 Å². The first-order valence-corrected chi connectivity index (χ1v) is 11.9. The first-order chi connectivity index (χ1) is 14.8. The molecule has 0 radical (unpaired) electrons. The molecule has 1 heterocycles. The summed E-state index contributed by atoms with van der Waals surface area (Å²) in [6.45, 7) is 3.76. The number of amides is 1. The van der Waals surface area contributed by atoms with Gasteiger partial charge in [-0.3, -0.25) is 4.79 Å². The smallest absolute Gasteiger partial charge is 0.338 e. The second kappa shape index (κ2) is 10.1. The van der Waals surface area contributed by atoms with E-state index in [-0.39, 0.29) is 41.6 Å². The lowest BCUT2D eigenvalue weighted by Gasteiger charge is -2.38. The highest BCUT2D eigenvalue weighted by Crippen LogP contribution is 2.22. The number of sulfonamides is 1. The number of piperidine rings is 1. The summed E-state index contributed by atoms with van der Waals surface area (Å²) >= 11 is 0. The Balaban J connectivity index is 1.62. The van der Waals surface area contributed by atoms with Gasteiger partial charge in [0, 0.05) is 18.6 Å². The summed E-state index contributed by atoms with van der Waals surface area (Å²) in [6.07, 6.45) is 2.94. The molecule has 2 unspecified atom stereocenters. The van der Waals surface area contributed by atoms with E-state index in [0.29, 0.717) is 0 Å². The Kier molecular flexibility index (Phi) is 7.46. The van der Waals surface area contributed by atoms with E-state index in [9.17, 15) is 18.0 Å². The molecule has 1 fully saturated rings. The molecule has 1 amide bonds. The van der Waals surface area contributed by atoms with Gasteiger partial charge >= 0.3 is 5.97 Å². The third-order valence-electron chi connectivity index (χ3n) is 5.50. The number of hydrogen-bond acceptors (Lipinski definition) is 5. The minimum absolute atomic E-state index is 0.0394. The number of hydrogen-bond donors (Lipinski definition) is 1. The van der Waals surface area contributed by atoms with Crippen molar-refractivity contribution in [2.75, 3.05) is 6.61 Å². The average Bonchev–Trinajstić information content (AvgIpc) is 2.77. The Hall–Kier alpha value is -2.71. The van der Waals surface area contributed by atoms with Gasteiger partial charge in [-0.05, 0) is 56.9 Å². The number of carbonyl (C=O) groups excluding carboxylic acids is 2. The summed E-state index contributed by atoms with van der Waals surface area (Å²) in [5, 5.41) is 0. The van der Waals surface area contributed by atoms with Crippen LogP contribution in [0.5, 0.6) is 0 Å². The number of carbonyl (C=O) groups is 2. The van der Waals surface area contributed by atoms with Crippen LogP contribution in [0.15, 0.2) is 59.5 Å². The fourth-order valence-electron chi connectivity index (χ4n) is 3.85. The molecule has 1 saturated heterocycles. The third-order valence-corrected chi connectivity index (χ3v) is 6.90. The molecule has 0 aromatic heterocycles. The first kappa shape index (κ1) is 23.0. The van der Waals surface area contributed by atoms with Gasteiger partial charge in [0.25, 0.3) is 5.91 Å². The lowest BCUT2D eigenvalue weighted by molar-refractivity contribution is -0.140. The highest BCUT2D eigenvalue weighted by atomic mass is 32.2. The van der Waals surface area contributed by atoms with Crippen LogP contribution in [0.3, 0.4) is 0 Å². The fourth-order valence-corrected chi connectivity index (χ4v) is 4.91. The SMILES string of the molecule is CC1CCCC(C)N1C(=O)COC(=O)c1cccc(S(=O)(=O)NCc2ccccc2)c1. The topological polar surface area (TPSA) is 92.8 Å². The molecule has 1 aliphatic heterocycles. The molecule has 2 atom stereocenters. The molecule has 166 valence electrons. The summed E-state index contributed by atoms with van der Waals surface area (Å²) in [5.74, 6) is -0.966. The molecular weight excluding hydrogens is 416 g/mol. The highest BCUT2D eigenvalue weighted by Gasteiger charge is 2.29. The van der Waals surface area contributed by atoms with Crippen molar-refractivity contribution in [1.29, 1.82) is 0 Å². The van der Waals surface area contributed by atoms with E-state index >= 15 is 0 Å². The van der Waals surface area contributed by atoms with Crippen LogP contribution in [-0.4, -0.2) is 43.9 Å². The number of nitrogens with zero attached hydrogens (tertiary/aromatic N) is 1. The van der Waals surface area contributed by atoms with Crippen molar-refractivity contribution >= 4 is 21.9 Å². The van der Waals surface area contributed by atoms with E-state index in [0.717, 1.165) is 24.8 Å². The van der Waals surface area contributed by atoms with Crippen molar-refractivity contribution in [3.8, 4) is 0 Å². The summed E-state index contributed by atoms with van der Waals surface area (Å²) in [5.41, 5.74) is 0.899. The molecule has 8 heteroatoms. The minimum atomic E-state index is -3.81. The van der Waals surface area contributed by atoms with Gasteiger partial charge in [0.1, 0.15) is 0 Å². The van der Waals surface area contributed by atoms with Crippen LogP contribution >= 0.6 is 0 Å². The monoisotopic (exact) mass is 444 g/mol. The highest BCUT2D eigenvalue weighted by molar-refractivity contribution is 7.89. The second-order valence-electron chi connectivity index (χ2n) is 7.84. The third kappa shape index (κ3) is 5.92. The van der Waals surface area contributed by atoms with Gasteiger partial charge in [-0.2, -0.15) is 0 Å². The van der Waals surface area contributed by atoms with Crippen LogP contribution < -0.4 is 4.72 Å². The predicted molar refractivity (Wildman–Crippen MR) is 117 cm³/mol. The fraction of sp³-hybridized carbons (Fsp3) is 0.391. The average molecular weight is 445 g/mol. The molecule has 1 N–H and O–H groups in total. The van der Waals surface area contributed by atoms with Crippen molar-refractivity contribution in [2.24, 2.45) is 0 Å². The number of likely N-dealkylation sites (tertiary alicyclic amines) is 1. The Labute approximate surface area is 183 Å². The summed E-state index contributed by atoms with van der Waals surface area (Å²) in [7, 11) is -3.81. The largest absolute Gasteiger partial charge is 0.452 e. The van der Waals surface area contributed by atoms with E-state index in [1.54, 1.807) is 4.90 Å². The van der Waals surface area contributed by atoms with Gasteiger partial charge in [0.2, 0.25) is 10.0 Å². The first-order valence-electron chi connectivity index (χ1n) is 10.4. The molecule has 7 nitrogen and oxygen atoms in total. The number of ether oxygens (including phenoxy) is 1. The van der Waals surface area contributed by atoms with Crippen LogP contribution in [0.2, 0.25) is 0 Å². The lowest BCUT2D eigenvalue weighted by Crippen LogP contribution is -2.49. The van der Waals surface area contributed by atoms with Gasteiger partial charge < -0.3 is 9.64 Å². The number of esters is 1. The van der Waals surface area contributed by atoms with Gasteiger partial charge in [0.05, 0.1) is 10.5 Å². The summed E-state index contributed by atoms with van der Waals surface area (Å²) < 4.78 is 32.9. The zero-order chi connectivity index (χ0) is 22.4. The van der Waals surface area contributed by atoms with Crippen LogP contribution in [0, 0.1) is 0 Å². The maximum atomic E-state index is 12.6. The van der Waals surface area contributed by atoms with Gasteiger partial charge in [-0.1, -0.05) is 36.4 Å². The van der Waals surface area contributed by atoms with Crippen molar-refractivity contribution in [2.45, 2.75) is 56.6 Å². The maximum Gasteiger partial charge on any atom is 0.338 e. The molecule has 0 aliphatic carbocycles. The van der Waals surface area contributed by atoms with Crippen molar-refractivity contribution < 1.29 is 22.7 Å². The number of benzene rings is 2. The number of rotatable bonds is 7. The zero-order valence-electron chi connectivity index (χ0n) is 17.8. The van der Waals surface area contributed by atoms with E-state index in [2.05, 4.69) is 4.72 Å². The van der Waals surface area contributed by atoms with Gasteiger partial charge in [-0.25, -0.2) is 17.9 Å². The Morgan fingerprint density at radius 1 is 1.03 bits per heavy atom. The normalized spacial score (nSPS) is 19.1. The molecule has 0 saturated carbocycles. The molecule has 0 bridgehead atoms. The van der Waals surface area contributed by atoms with E-state index in [1.807, 2.05) is 44.2 Å². The molecule has 31 heavy (non-hydrogen) atoms. The van der Waals surface area contributed by atoms with Crippen LogP contribution in [-0.2, 0) is 26.1 Å². The predicted octanol–water partition coefficient (Wildman–Crippen LogP) is 3.11.